The number of rotatable bonds is 1. The number of nitrogen functional groups attached to an aromatic ring is 1. The lowest BCUT2D eigenvalue weighted by atomic mass is 10.1. The van der Waals surface area contributed by atoms with Crippen LogP contribution >= 0.6 is 0 Å². The van der Waals surface area contributed by atoms with Gasteiger partial charge in [-0.3, -0.25) is 4.57 Å². The van der Waals surface area contributed by atoms with Crippen LogP contribution in [0, 0.1) is 0 Å². The van der Waals surface area contributed by atoms with Gasteiger partial charge in [0.05, 0.1) is 12.9 Å². The molecule has 2 aromatic rings. The van der Waals surface area contributed by atoms with E-state index in [1.807, 2.05) is 13.8 Å². The van der Waals surface area contributed by atoms with Gasteiger partial charge >= 0.3 is 0 Å². The van der Waals surface area contributed by atoms with Crippen LogP contribution in [0.5, 0.6) is 0 Å². The molecule has 2 aliphatic heterocycles. The van der Waals surface area contributed by atoms with E-state index in [0.717, 1.165) is 0 Å². The summed E-state index contributed by atoms with van der Waals surface area (Å²) in [6.45, 7) is 3.97. The van der Waals surface area contributed by atoms with Crippen molar-refractivity contribution in [2.24, 2.45) is 0 Å². The summed E-state index contributed by atoms with van der Waals surface area (Å²) in [6, 6.07) is 0. The molecule has 22 heavy (non-hydrogen) atoms. The third-order valence-corrected chi connectivity index (χ3v) is 3.99. The molecular formula is C13H17N5O4. The predicted octanol–water partition coefficient (Wildman–Crippen LogP) is -0.182. The Bertz CT molecular complexity index is 718. The van der Waals surface area contributed by atoms with Crippen molar-refractivity contribution in [3.05, 3.63) is 12.7 Å². The van der Waals surface area contributed by atoms with Crippen molar-refractivity contribution in [1.29, 1.82) is 0 Å². The molecule has 4 heterocycles. The Morgan fingerprint density at radius 2 is 2.18 bits per heavy atom. The molecule has 0 bridgehead atoms. The minimum absolute atomic E-state index is 0.286. The quantitative estimate of drug-likeness (QED) is 0.745. The fourth-order valence-electron chi connectivity index (χ4n) is 2.93. The molecule has 9 heteroatoms. The van der Waals surface area contributed by atoms with Gasteiger partial charge in [-0.05, 0) is 13.8 Å². The Morgan fingerprint density at radius 1 is 1.36 bits per heavy atom. The average molecular weight is 307 g/mol. The van der Waals surface area contributed by atoms with E-state index in [-0.39, 0.29) is 11.9 Å². The summed E-state index contributed by atoms with van der Waals surface area (Å²) in [5, 5.41) is 10.6. The Labute approximate surface area is 126 Å². The standard InChI is InChI=1S/C13H17N5O4/c1-13(2)20-3-6-9(22-13)8(19)12(21-6)18-5-17-7-10(14)15-4-16-11(7)18/h4-6,8-9,12,19H,3H2,1-2H3,(H2,14,15,16)/t6-,8-,9+,12+/m1/s1. The van der Waals surface area contributed by atoms with Gasteiger partial charge in [-0.25, -0.2) is 15.0 Å². The summed E-state index contributed by atoms with van der Waals surface area (Å²) in [4.78, 5) is 12.3. The van der Waals surface area contributed by atoms with E-state index in [2.05, 4.69) is 15.0 Å². The van der Waals surface area contributed by atoms with Crippen LogP contribution in [0.2, 0.25) is 0 Å². The first-order valence-corrected chi connectivity index (χ1v) is 7.04. The molecular weight excluding hydrogens is 290 g/mol. The van der Waals surface area contributed by atoms with Gasteiger partial charge in [0.15, 0.2) is 23.5 Å². The fraction of sp³-hybridized carbons (Fsp3) is 0.615. The zero-order valence-corrected chi connectivity index (χ0v) is 12.2. The van der Waals surface area contributed by atoms with E-state index >= 15 is 0 Å². The molecule has 0 spiro atoms. The first-order chi connectivity index (χ1) is 10.5. The number of aliphatic hydroxyl groups excluding tert-OH is 1. The first-order valence-electron chi connectivity index (χ1n) is 7.04. The van der Waals surface area contributed by atoms with Gasteiger partial charge in [0.2, 0.25) is 0 Å². The second kappa shape index (κ2) is 4.59. The van der Waals surface area contributed by atoms with Crippen LogP contribution in [-0.4, -0.2) is 55.3 Å². The van der Waals surface area contributed by atoms with E-state index in [4.69, 9.17) is 19.9 Å². The molecule has 118 valence electrons. The van der Waals surface area contributed by atoms with Crippen molar-refractivity contribution < 1.29 is 19.3 Å². The Balaban J connectivity index is 1.70. The largest absolute Gasteiger partial charge is 0.386 e. The topological polar surface area (TPSA) is 118 Å². The van der Waals surface area contributed by atoms with Crippen molar-refractivity contribution in [3.8, 4) is 0 Å². The van der Waals surface area contributed by atoms with E-state index in [1.165, 1.54) is 12.7 Å². The van der Waals surface area contributed by atoms with E-state index in [1.54, 1.807) is 4.57 Å². The van der Waals surface area contributed by atoms with Crippen molar-refractivity contribution in [1.82, 2.24) is 19.5 Å². The van der Waals surface area contributed by atoms with Crippen LogP contribution in [0.1, 0.15) is 20.1 Å². The molecule has 4 rings (SSSR count). The zero-order valence-electron chi connectivity index (χ0n) is 12.2. The van der Waals surface area contributed by atoms with Gasteiger partial charge in [-0.15, -0.1) is 0 Å². The number of ether oxygens (including phenoxy) is 3. The summed E-state index contributed by atoms with van der Waals surface area (Å²) in [6.07, 6.45) is 0.559. The summed E-state index contributed by atoms with van der Waals surface area (Å²) in [5.74, 6) is -0.460. The highest BCUT2D eigenvalue weighted by Gasteiger charge is 2.51. The van der Waals surface area contributed by atoms with E-state index < -0.39 is 24.2 Å². The third-order valence-electron chi connectivity index (χ3n) is 3.99. The highest BCUT2D eigenvalue weighted by atomic mass is 16.7. The number of imidazole rings is 1. The van der Waals surface area contributed by atoms with Crippen molar-refractivity contribution in [2.75, 3.05) is 12.3 Å². The fourth-order valence-corrected chi connectivity index (χ4v) is 2.93. The molecule has 2 aromatic heterocycles. The van der Waals surface area contributed by atoms with Crippen molar-refractivity contribution >= 4 is 17.0 Å². The van der Waals surface area contributed by atoms with E-state index in [9.17, 15) is 5.11 Å². The summed E-state index contributed by atoms with van der Waals surface area (Å²) < 4.78 is 18.9. The van der Waals surface area contributed by atoms with Gasteiger partial charge < -0.3 is 25.1 Å². The highest BCUT2D eigenvalue weighted by Crippen LogP contribution is 2.38. The van der Waals surface area contributed by atoms with Gasteiger partial charge in [-0.1, -0.05) is 0 Å². The number of fused-ring (bicyclic) bond motifs is 2. The van der Waals surface area contributed by atoms with E-state index in [0.29, 0.717) is 17.8 Å². The molecule has 0 aliphatic carbocycles. The Hall–Kier alpha value is -1.81. The van der Waals surface area contributed by atoms with Gasteiger partial charge in [0.25, 0.3) is 0 Å². The summed E-state index contributed by atoms with van der Waals surface area (Å²) in [7, 11) is 0. The second-order valence-corrected chi connectivity index (χ2v) is 5.93. The molecule has 0 amide bonds. The minimum Gasteiger partial charge on any atom is -0.386 e. The van der Waals surface area contributed by atoms with Gasteiger partial charge in [0.1, 0.15) is 30.2 Å². The second-order valence-electron chi connectivity index (χ2n) is 5.93. The Morgan fingerprint density at radius 3 is 3.00 bits per heavy atom. The molecule has 0 aromatic carbocycles. The summed E-state index contributed by atoms with van der Waals surface area (Å²) >= 11 is 0. The highest BCUT2D eigenvalue weighted by molar-refractivity contribution is 5.81. The molecule has 0 unspecified atom stereocenters. The number of nitrogens with two attached hydrogens (primary N) is 1. The lowest BCUT2D eigenvalue weighted by Crippen LogP contribution is -2.50. The zero-order chi connectivity index (χ0) is 15.5. The maximum absolute atomic E-state index is 10.6. The molecule has 9 nitrogen and oxygen atoms in total. The van der Waals surface area contributed by atoms with Crippen molar-refractivity contribution in [2.45, 2.75) is 44.2 Å². The van der Waals surface area contributed by atoms with Gasteiger partial charge in [0, 0.05) is 0 Å². The third kappa shape index (κ3) is 1.97. The number of aliphatic hydroxyl groups is 1. The van der Waals surface area contributed by atoms with Gasteiger partial charge in [-0.2, -0.15) is 0 Å². The molecule has 2 aliphatic rings. The number of hydrogen-bond acceptors (Lipinski definition) is 8. The molecule has 2 fully saturated rings. The van der Waals surface area contributed by atoms with Crippen LogP contribution < -0.4 is 5.73 Å². The predicted molar refractivity (Wildman–Crippen MR) is 74.6 cm³/mol. The maximum Gasteiger partial charge on any atom is 0.167 e. The van der Waals surface area contributed by atoms with Crippen LogP contribution in [0.15, 0.2) is 12.7 Å². The Kier molecular flexibility index (Phi) is 2.89. The first kappa shape index (κ1) is 13.8. The maximum atomic E-state index is 10.6. The summed E-state index contributed by atoms with van der Waals surface area (Å²) in [5.41, 5.74) is 6.77. The molecule has 2 saturated heterocycles. The molecule has 3 N–H and O–H groups in total. The van der Waals surface area contributed by atoms with Crippen LogP contribution in [0.3, 0.4) is 0 Å². The monoisotopic (exact) mass is 307 g/mol. The smallest absolute Gasteiger partial charge is 0.167 e. The number of anilines is 1. The molecule has 0 saturated carbocycles. The average Bonchev–Trinajstić information content (AvgIpc) is 3.01. The molecule has 0 radical (unpaired) electrons. The van der Waals surface area contributed by atoms with Crippen LogP contribution in [0.4, 0.5) is 5.82 Å². The number of hydrogen-bond donors (Lipinski definition) is 2. The lowest BCUT2D eigenvalue weighted by Gasteiger charge is -2.37. The van der Waals surface area contributed by atoms with Crippen LogP contribution in [0.25, 0.3) is 11.2 Å². The SMILES string of the molecule is CC1(C)OC[C@H]2O[C@H](n3cnc4c(N)ncnc43)[C@H](O)[C@H]2O1. The van der Waals surface area contributed by atoms with Crippen LogP contribution in [-0.2, 0) is 14.2 Å². The van der Waals surface area contributed by atoms with Crippen molar-refractivity contribution in [3.63, 3.8) is 0 Å². The number of aromatic nitrogens is 4. The normalized spacial score (nSPS) is 34.0. The molecule has 4 atom stereocenters. The minimum atomic E-state index is -0.859. The number of nitrogens with zero attached hydrogens (tertiary/aromatic N) is 4. The lowest BCUT2D eigenvalue weighted by molar-refractivity contribution is -0.300.